The normalized spacial score (nSPS) is 16.6. The van der Waals surface area contributed by atoms with Gasteiger partial charge in [0.25, 0.3) is 5.56 Å². The van der Waals surface area contributed by atoms with Crippen LogP contribution in [0.1, 0.15) is 45.6 Å². The van der Waals surface area contributed by atoms with E-state index in [0.29, 0.717) is 34.8 Å². The maximum atomic E-state index is 13.6. The number of carboxylic acids is 1. The number of carboxylic acid groups (broad SMARTS) is 1. The highest BCUT2D eigenvalue weighted by atomic mass is 16.4. The number of piperazine rings is 1. The summed E-state index contributed by atoms with van der Waals surface area (Å²) in [5, 5.41) is 22.1. The van der Waals surface area contributed by atoms with Gasteiger partial charge in [-0.15, -0.1) is 0 Å². The highest BCUT2D eigenvalue weighted by Gasteiger charge is 2.38. The zero-order chi connectivity index (χ0) is 28.1. The number of nitrogens with one attached hydrogen (secondary N) is 1. The molecule has 0 fully saturated rings. The van der Waals surface area contributed by atoms with E-state index in [0.717, 1.165) is 29.1 Å². The predicted octanol–water partition coefficient (Wildman–Crippen LogP) is 4.65. The second kappa shape index (κ2) is 9.58. The van der Waals surface area contributed by atoms with Gasteiger partial charge in [0.05, 0.1) is 41.4 Å². The Morgan fingerprint density at radius 2 is 1.93 bits per heavy atom. The van der Waals surface area contributed by atoms with E-state index >= 15 is 0 Å². The minimum Gasteiger partial charge on any atom is -0.478 e. The van der Waals surface area contributed by atoms with Crippen LogP contribution in [-0.2, 0) is 0 Å². The van der Waals surface area contributed by atoms with Gasteiger partial charge in [-0.05, 0) is 74.9 Å². The number of aromatic carboxylic acids is 1. The first-order valence-corrected chi connectivity index (χ1v) is 13.1. The molecule has 0 saturated heterocycles. The van der Waals surface area contributed by atoms with E-state index < -0.39 is 5.97 Å². The third-order valence-corrected chi connectivity index (χ3v) is 7.70. The number of aromatic nitrogens is 2. The van der Waals surface area contributed by atoms with Crippen molar-refractivity contribution in [3.8, 4) is 6.07 Å². The molecule has 0 radical (unpaired) electrons. The van der Waals surface area contributed by atoms with Crippen molar-refractivity contribution in [1.82, 2.24) is 9.38 Å². The molecule has 40 heavy (non-hydrogen) atoms. The van der Waals surface area contributed by atoms with Gasteiger partial charge in [-0.1, -0.05) is 12.1 Å². The van der Waals surface area contributed by atoms with Gasteiger partial charge >= 0.3 is 5.97 Å². The van der Waals surface area contributed by atoms with Crippen LogP contribution in [0.4, 0.5) is 17.2 Å². The van der Waals surface area contributed by atoms with Gasteiger partial charge in [0.1, 0.15) is 11.5 Å². The van der Waals surface area contributed by atoms with Crippen molar-refractivity contribution in [2.24, 2.45) is 0 Å². The smallest absolute Gasteiger partial charge is 0.337 e. The number of pyridine rings is 1. The van der Waals surface area contributed by atoms with Crippen LogP contribution in [0.15, 0.2) is 77.4 Å². The van der Waals surface area contributed by atoms with E-state index in [1.165, 1.54) is 0 Å². The summed E-state index contributed by atoms with van der Waals surface area (Å²) in [6.07, 6.45) is 4.01. The summed E-state index contributed by atoms with van der Waals surface area (Å²) in [6.45, 7) is 7.04. The van der Waals surface area contributed by atoms with Crippen molar-refractivity contribution in [3.63, 3.8) is 0 Å². The molecule has 9 nitrogen and oxygen atoms in total. The molecule has 0 spiro atoms. The monoisotopic (exact) mass is 532 g/mol. The quantitative estimate of drug-likeness (QED) is 0.369. The van der Waals surface area contributed by atoms with Gasteiger partial charge in [-0.3, -0.25) is 9.20 Å². The van der Waals surface area contributed by atoms with Crippen LogP contribution < -0.4 is 20.7 Å². The first-order chi connectivity index (χ1) is 19.2. The molecular weight excluding hydrogens is 504 g/mol. The van der Waals surface area contributed by atoms with Gasteiger partial charge < -0.3 is 20.2 Å². The fourth-order valence-electron chi connectivity index (χ4n) is 5.70. The van der Waals surface area contributed by atoms with Crippen molar-refractivity contribution in [2.75, 3.05) is 28.2 Å². The molecule has 6 rings (SSSR count). The van der Waals surface area contributed by atoms with Crippen molar-refractivity contribution in [2.45, 2.75) is 32.9 Å². The molecule has 4 heterocycles. The number of nitriles is 1. The number of hydrogen-bond acceptors (Lipinski definition) is 7. The highest BCUT2D eigenvalue weighted by molar-refractivity contribution is 5.94. The Labute approximate surface area is 231 Å². The Morgan fingerprint density at radius 1 is 1.18 bits per heavy atom. The fraction of sp³-hybridized carbons (Fsp3) is 0.226. The minimum absolute atomic E-state index is 0.0607. The molecule has 0 unspecified atom stereocenters. The van der Waals surface area contributed by atoms with E-state index in [4.69, 9.17) is 10.2 Å². The Morgan fingerprint density at radius 3 is 2.60 bits per heavy atom. The van der Waals surface area contributed by atoms with Crippen molar-refractivity contribution < 1.29 is 9.90 Å². The molecule has 0 amide bonds. The maximum Gasteiger partial charge on any atom is 0.337 e. The number of benzene rings is 2. The van der Waals surface area contributed by atoms with Gasteiger partial charge in [0.2, 0.25) is 0 Å². The second-order valence-electron chi connectivity index (χ2n) is 10.4. The van der Waals surface area contributed by atoms with Crippen molar-refractivity contribution in [1.29, 1.82) is 5.26 Å². The average molecular weight is 533 g/mol. The number of hydrogen-bond donors (Lipinski definition) is 2. The molecule has 2 aromatic heterocycles. The summed E-state index contributed by atoms with van der Waals surface area (Å²) in [7, 11) is 0. The fourth-order valence-corrected chi connectivity index (χ4v) is 5.70. The summed E-state index contributed by atoms with van der Waals surface area (Å²) in [5.74, 6) is -0.353. The van der Waals surface area contributed by atoms with Gasteiger partial charge in [0, 0.05) is 35.4 Å². The molecule has 2 N–H and O–H groups in total. The van der Waals surface area contributed by atoms with Gasteiger partial charge in [0.15, 0.2) is 0 Å². The summed E-state index contributed by atoms with van der Waals surface area (Å²) in [5.41, 5.74) is 6.19. The molecule has 9 heteroatoms. The Balaban J connectivity index is 1.35. The van der Waals surface area contributed by atoms with E-state index in [9.17, 15) is 14.7 Å². The lowest BCUT2D eigenvalue weighted by Gasteiger charge is -2.36. The summed E-state index contributed by atoms with van der Waals surface area (Å²) < 4.78 is 1.60. The number of anilines is 3. The molecule has 2 atom stereocenters. The Kier molecular flexibility index (Phi) is 6.03. The highest BCUT2D eigenvalue weighted by Crippen LogP contribution is 2.36. The first-order valence-electron chi connectivity index (χ1n) is 13.1. The predicted molar refractivity (Wildman–Crippen MR) is 154 cm³/mol. The van der Waals surface area contributed by atoms with E-state index in [1.54, 1.807) is 34.9 Å². The summed E-state index contributed by atoms with van der Waals surface area (Å²) in [4.78, 5) is 34.9. The van der Waals surface area contributed by atoms with Crippen molar-refractivity contribution in [3.05, 3.63) is 111 Å². The minimum atomic E-state index is -1.01. The lowest BCUT2D eigenvalue weighted by Crippen LogP contribution is -2.45. The number of nitrogens with zero attached hydrogens (tertiary/aromatic N) is 5. The molecular formula is C31H28N6O3. The number of carbonyl (C=O) groups is 1. The van der Waals surface area contributed by atoms with E-state index in [-0.39, 0.29) is 23.2 Å². The first kappa shape index (κ1) is 25.2. The summed E-state index contributed by atoms with van der Waals surface area (Å²) in [6, 6.07) is 18.2. The molecule has 200 valence electrons. The molecule has 2 aromatic carbocycles. The molecule has 2 bridgehead atoms. The van der Waals surface area contributed by atoms with Crippen LogP contribution in [-0.4, -0.2) is 39.6 Å². The third-order valence-electron chi connectivity index (χ3n) is 7.70. The van der Waals surface area contributed by atoms with Crippen LogP contribution in [0.5, 0.6) is 0 Å². The Bertz CT molecular complexity index is 1800. The third kappa shape index (κ3) is 4.14. The van der Waals surface area contributed by atoms with E-state index in [1.807, 2.05) is 51.1 Å². The largest absolute Gasteiger partial charge is 0.478 e. The van der Waals surface area contributed by atoms with Gasteiger partial charge in [-0.25, -0.2) is 9.78 Å². The zero-order valence-electron chi connectivity index (χ0n) is 22.4. The number of para-hydroxylation sites is 1. The number of rotatable bonds is 6. The number of fused-ring (bicyclic) bond motifs is 2. The van der Waals surface area contributed by atoms with Crippen LogP contribution in [0.2, 0.25) is 0 Å². The lowest BCUT2D eigenvalue weighted by molar-refractivity contribution is 0.0698. The lowest BCUT2D eigenvalue weighted by atomic mass is 10.1. The van der Waals surface area contributed by atoms with Crippen LogP contribution in [0.3, 0.4) is 0 Å². The standard InChI is InChI=1S/C31H28N6O3/c1-18-12-26(20(3)33-27-7-5-4-6-25(27)31(39)40)29-34-28(19(2)30(38)37(29)15-18)36-17-23-13-24(36)16-35(23)22-10-8-21(14-32)9-11-22/h4-13,15,20,24,33H,16-17H2,1-3H3,(H,39,40)/t20-,24-/m1/s1. The molecule has 0 aliphatic carbocycles. The van der Waals surface area contributed by atoms with Crippen LogP contribution >= 0.6 is 0 Å². The zero-order valence-corrected chi connectivity index (χ0v) is 22.4. The maximum absolute atomic E-state index is 13.6. The molecule has 0 saturated carbocycles. The van der Waals surface area contributed by atoms with Crippen LogP contribution in [0.25, 0.3) is 5.65 Å². The summed E-state index contributed by atoms with van der Waals surface area (Å²) >= 11 is 0. The van der Waals surface area contributed by atoms with E-state index in [2.05, 4.69) is 27.3 Å². The Hall–Kier alpha value is -5.10. The number of aryl methyl sites for hydroxylation is 1. The SMILES string of the molecule is Cc1cc([C@@H](C)Nc2ccccc2C(=O)O)c2nc(N3CC4=C[C@@H]3CN4c3ccc(C#N)cc3)c(C)c(=O)n2c1. The molecule has 2 aliphatic rings. The molecule has 2 aliphatic heterocycles. The van der Waals surface area contributed by atoms with Gasteiger partial charge in [-0.2, -0.15) is 5.26 Å². The average Bonchev–Trinajstić information content (AvgIpc) is 3.56. The van der Waals surface area contributed by atoms with Crippen LogP contribution in [0, 0.1) is 25.2 Å². The van der Waals surface area contributed by atoms with Crippen molar-refractivity contribution >= 4 is 28.8 Å². The second-order valence-corrected chi connectivity index (χ2v) is 10.4. The molecule has 4 aromatic rings. The topological polar surface area (TPSA) is 114 Å².